The van der Waals surface area contributed by atoms with Gasteiger partial charge in [0.15, 0.2) is 11.6 Å². The van der Waals surface area contributed by atoms with Crippen molar-refractivity contribution in [1.29, 1.82) is 0 Å². The second-order valence-corrected chi connectivity index (χ2v) is 24.9. The van der Waals surface area contributed by atoms with Crippen LogP contribution in [0, 0.1) is 11.8 Å². The van der Waals surface area contributed by atoms with E-state index in [1.165, 1.54) is 0 Å². The number of fused-ring (bicyclic) bond motifs is 2. The van der Waals surface area contributed by atoms with Crippen molar-refractivity contribution in [1.82, 2.24) is 47.0 Å². The Kier molecular flexibility index (Phi) is 25.9. The van der Waals surface area contributed by atoms with E-state index < -0.39 is 42.3 Å². The van der Waals surface area contributed by atoms with Crippen LogP contribution in [0.3, 0.4) is 0 Å². The van der Waals surface area contributed by atoms with Crippen LogP contribution in [0.1, 0.15) is 176 Å². The summed E-state index contributed by atoms with van der Waals surface area (Å²) in [5.74, 6) is -2.28. The number of carbonyl (C=O) groups is 8. The Morgan fingerprint density at radius 1 is 0.534 bits per heavy atom. The Morgan fingerprint density at radius 3 is 1.55 bits per heavy atom. The number of amides is 6. The molecule has 17 heteroatoms. The zero-order valence-corrected chi connectivity index (χ0v) is 52.4. The average molecular weight is 1200 g/mol. The van der Waals surface area contributed by atoms with Crippen molar-refractivity contribution < 1.29 is 38.4 Å². The number of Topliss-reactive ketones (excluding diaryl/α,β-unsaturated/α-hetero) is 2. The van der Waals surface area contributed by atoms with Gasteiger partial charge in [0.1, 0.15) is 24.2 Å². The van der Waals surface area contributed by atoms with Crippen LogP contribution in [0.25, 0.3) is 0 Å². The largest absolute Gasteiger partial charge is 0.356 e. The maximum atomic E-state index is 14.9. The zero-order valence-electron chi connectivity index (χ0n) is 52.4. The molecule has 4 aromatic rings. The quantitative estimate of drug-likeness (QED) is 0.0226. The summed E-state index contributed by atoms with van der Waals surface area (Å²) in [6, 6.07) is 34.1. The number of benzene rings is 4. The first kappa shape index (κ1) is 66.9. The highest BCUT2D eigenvalue weighted by molar-refractivity contribution is 5.97. The Morgan fingerprint density at radius 2 is 1.00 bits per heavy atom. The van der Waals surface area contributed by atoms with E-state index >= 15 is 0 Å². The third kappa shape index (κ3) is 17.8. The van der Waals surface area contributed by atoms with E-state index in [4.69, 9.17) is 0 Å². The molecular weight excluding hydrogens is 1110 g/mol. The molecule has 6 amide bonds. The molecule has 0 bridgehead atoms. The van der Waals surface area contributed by atoms with E-state index in [-0.39, 0.29) is 96.2 Å². The van der Waals surface area contributed by atoms with Crippen molar-refractivity contribution >= 4 is 47.0 Å². The number of hydrogen-bond acceptors (Lipinski definition) is 11. The van der Waals surface area contributed by atoms with Crippen LogP contribution >= 0.6 is 0 Å². The highest BCUT2D eigenvalue weighted by Gasteiger charge is 2.50. The summed E-state index contributed by atoms with van der Waals surface area (Å²) in [4.78, 5) is 117. The van der Waals surface area contributed by atoms with E-state index in [2.05, 4.69) is 49.4 Å². The van der Waals surface area contributed by atoms with Crippen molar-refractivity contribution in [2.75, 3.05) is 27.2 Å². The van der Waals surface area contributed by atoms with Gasteiger partial charge >= 0.3 is 0 Å². The van der Waals surface area contributed by atoms with Crippen LogP contribution in [-0.4, -0.2) is 132 Å². The molecule has 0 spiro atoms. The molecule has 4 heterocycles. The van der Waals surface area contributed by atoms with Crippen LogP contribution in [0.15, 0.2) is 121 Å². The second kappa shape index (κ2) is 34.0. The molecule has 8 rings (SSSR count). The highest BCUT2D eigenvalue weighted by Crippen LogP contribution is 2.39. The monoisotopic (exact) mass is 1200 g/mol. The van der Waals surface area contributed by atoms with Gasteiger partial charge in [-0.1, -0.05) is 161 Å². The first-order valence-electron chi connectivity index (χ1n) is 32.9. The zero-order chi connectivity index (χ0) is 62.4. The predicted octanol–water partition coefficient (Wildman–Crippen LogP) is 8.13. The average Bonchev–Trinajstić information content (AvgIpc) is 2.01. The van der Waals surface area contributed by atoms with Gasteiger partial charge in [-0.3, -0.25) is 38.4 Å². The number of likely N-dealkylation sites (N-methyl/N-ethyl adjacent to an activating group) is 2. The van der Waals surface area contributed by atoms with Gasteiger partial charge in [0.05, 0.1) is 18.1 Å². The lowest BCUT2D eigenvalue weighted by Crippen LogP contribution is -2.58. The minimum atomic E-state index is -0.909. The van der Waals surface area contributed by atoms with Gasteiger partial charge in [-0.25, -0.2) is 0 Å². The minimum absolute atomic E-state index is 0.00628. The minimum Gasteiger partial charge on any atom is -0.356 e. The standard InChI is InChI=1S/C71H97N9O8/c1-5-57(72-3)67(84)77-65-52(43-44-74-46-48-25-15-11-16-26-48)35-37-55-40-42-60(80(55)70(65)87)69(86)76-64(51-31-21-14-22-32-51)61(81)33-23-9-7-8-10-24-34-63(83)75-47-53-36-38-54-39-41-59(79(54)71(88)66(53)78-68(85)58(6-2)73-4)62(82)45-56(49-27-17-12-18-28-49)50-29-19-13-20-30-50/h11-22,25-32,52-60,64-66,72-74H,5-10,23-24,33-47H2,1-4H3,(H,75,83)(H,76,86)(H,77,84)(H,78,85)/t52-,53-,54+,55?,57+,58+,59+,60+,64+,65+,66+/m1/s1. The van der Waals surface area contributed by atoms with Crippen molar-refractivity contribution in [3.8, 4) is 0 Å². The van der Waals surface area contributed by atoms with Gasteiger partial charge in [-0.05, 0) is 132 Å². The first-order chi connectivity index (χ1) is 42.8. The van der Waals surface area contributed by atoms with Crippen LogP contribution in [0.5, 0.6) is 0 Å². The lowest BCUT2D eigenvalue weighted by Gasteiger charge is -2.33. The third-order valence-corrected chi connectivity index (χ3v) is 19.2. The molecule has 88 heavy (non-hydrogen) atoms. The molecule has 17 nitrogen and oxygen atoms in total. The summed E-state index contributed by atoms with van der Waals surface area (Å²) in [7, 11) is 3.45. The van der Waals surface area contributed by atoms with E-state index in [0.717, 1.165) is 48.8 Å². The fraction of sp³-hybridized carbons (Fsp3) is 0.549. The van der Waals surface area contributed by atoms with Gasteiger partial charge in [0.25, 0.3) is 0 Å². The van der Waals surface area contributed by atoms with Gasteiger partial charge in [-0.15, -0.1) is 0 Å². The molecule has 0 aromatic heterocycles. The Hall–Kier alpha value is -7.08. The molecule has 474 valence electrons. The number of ketones is 2. The third-order valence-electron chi connectivity index (χ3n) is 19.2. The fourth-order valence-corrected chi connectivity index (χ4v) is 14.1. The molecular formula is C71H97N9O8. The molecule has 4 aromatic carbocycles. The molecule has 7 N–H and O–H groups in total. The summed E-state index contributed by atoms with van der Waals surface area (Å²) < 4.78 is 0. The lowest BCUT2D eigenvalue weighted by molar-refractivity contribution is -0.144. The van der Waals surface area contributed by atoms with Crippen LogP contribution < -0.4 is 37.2 Å². The number of nitrogens with one attached hydrogen (secondary N) is 7. The van der Waals surface area contributed by atoms with E-state index in [1.807, 2.05) is 123 Å². The number of nitrogens with zero attached hydrogens (tertiary/aromatic N) is 2. The number of carbonyl (C=O) groups excluding carboxylic acids is 8. The molecule has 4 saturated heterocycles. The fourth-order valence-electron chi connectivity index (χ4n) is 14.1. The van der Waals surface area contributed by atoms with E-state index in [0.29, 0.717) is 102 Å². The number of unbranched alkanes of at least 4 members (excludes halogenated alkanes) is 5. The van der Waals surface area contributed by atoms with Crippen molar-refractivity contribution in [3.63, 3.8) is 0 Å². The lowest BCUT2D eigenvalue weighted by atomic mass is 9.85. The topological polar surface area (TPSA) is 227 Å². The molecule has 4 aliphatic rings. The molecule has 0 saturated carbocycles. The SMILES string of the molecule is CC[C@H](NC)C(=O)N[C@@H]1C(=O)N2C(CC[C@@H]1CCNCc1ccccc1)CC[C@H]2C(=O)N[C@H](C(=O)CCCCCCCCC(=O)NC[C@H]1CC[C@H]2CC[C@@H](C(=O)CC(c3ccccc3)c3ccccc3)N2C(=O)[C@H]1NC(=O)[C@H](CC)NC)c1ccccc1. The second-order valence-electron chi connectivity index (χ2n) is 24.9. The number of rotatable bonds is 33. The highest BCUT2D eigenvalue weighted by atomic mass is 16.2. The molecule has 0 aliphatic carbocycles. The van der Waals surface area contributed by atoms with Crippen LogP contribution in [0.2, 0.25) is 0 Å². The molecule has 0 radical (unpaired) electrons. The van der Waals surface area contributed by atoms with Gasteiger partial charge in [0.2, 0.25) is 35.4 Å². The maximum Gasteiger partial charge on any atom is 0.246 e. The normalized spacial score (nSPS) is 22.8. The number of hydrogen-bond donors (Lipinski definition) is 7. The van der Waals surface area contributed by atoms with Crippen molar-refractivity contribution in [2.24, 2.45) is 11.8 Å². The molecule has 4 fully saturated rings. The van der Waals surface area contributed by atoms with Crippen LogP contribution in [-0.2, 0) is 44.9 Å². The molecule has 1 unspecified atom stereocenters. The smallest absolute Gasteiger partial charge is 0.246 e. The molecule has 11 atom stereocenters. The molecule has 4 aliphatic heterocycles. The van der Waals surface area contributed by atoms with Gasteiger partial charge in [-0.2, -0.15) is 0 Å². The van der Waals surface area contributed by atoms with E-state index in [9.17, 15) is 38.4 Å². The summed E-state index contributed by atoms with van der Waals surface area (Å²) in [6.45, 7) is 5.40. The first-order valence-corrected chi connectivity index (χ1v) is 32.9. The van der Waals surface area contributed by atoms with Gasteiger partial charge in [0, 0.05) is 56.3 Å². The predicted molar refractivity (Wildman–Crippen MR) is 342 cm³/mol. The van der Waals surface area contributed by atoms with Gasteiger partial charge < -0.3 is 47.0 Å². The summed E-state index contributed by atoms with van der Waals surface area (Å²) in [5.41, 5.74) is 3.92. The van der Waals surface area contributed by atoms with E-state index in [1.54, 1.807) is 23.9 Å². The van der Waals surface area contributed by atoms with Crippen molar-refractivity contribution in [3.05, 3.63) is 144 Å². The Balaban J connectivity index is 0.806. The van der Waals surface area contributed by atoms with Crippen LogP contribution in [0.4, 0.5) is 0 Å². The maximum absolute atomic E-state index is 14.9. The Bertz CT molecular complexity index is 2850. The summed E-state index contributed by atoms with van der Waals surface area (Å²) >= 11 is 0. The Labute approximate surface area is 521 Å². The summed E-state index contributed by atoms with van der Waals surface area (Å²) in [5, 5.41) is 22.0. The van der Waals surface area contributed by atoms with Crippen molar-refractivity contribution in [2.45, 2.75) is 209 Å². The summed E-state index contributed by atoms with van der Waals surface area (Å²) in [6.07, 6.45) is 12.3.